The van der Waals surface area contributed by atoms with Crippen LogP contribution in [-0.4, -0.2) is 35.4 Å². The van der Waals surface area contributed by atoms with Gasteiger partial charge in [-0.25, -0.2) is 0 Å². The molecule has 2 N–H and O–H groups in total. The van der Waals surface area contributed by atoms with Gasteiger partial charge in [0.1, 0.15) is 12.4 Å². The number of nitrogens with zero attached hydrogens (tertiary/aromatic N) is 2. The number of phenols is 1. The Morgan fingerprint density at radius 3 is 2.74 bits per heavy atom. The molecule has 2 unspecified atom stereocenters. The van der Waals surface area contributed by atoms with Crippen molar-refractivity contribution >= 4 is 12.4 Å². The topological polar surface area (TPSA) is 65.2 Å². The number of aromatic hydroxyl groups is 1. The molecule has 102 valence electrons. The molecule has 2 atom stereocenters. The zero-order chi connectivity index (χ0) is 13.5. The molecular formula is C15H20N2O2. The van der Waals surface area contributed by atoms with Gasteiger partial charge in [0.15, 0.2) is 0 Å². The van der Waals surface area contributed by atoms with Crippen molar-refractivity contribution in [1.82, 2.24) is 0 Å². The van der Waals surface area contributed by atoms with Crippen LogP contribution in [0.1, 0.15) is 31.2 Å². The lowest BCUT2D eigenvalue weighted by atomic mass is 9.87. The van der Waals surface area contributed by atoms with E-state index < -0.39 is 0 Å². The summed E-state index contributed by atoms with van der Waals surface area (Å²) in [6.45, 7) is 0.331. The van der Waals surface area contributed by atoms with Crippen molar-refractivity contribution in [2.75, 3.05) is 6.67 Å². The highest BCUT2D eigenvalue weighted by atomic mass is 16.3. The summed E-state index contributed by atoms with van der Waals surface area (Å²) in [6, 6.07) is 7.05. The number of benzene rings is 1. The normalized spacial score (nSPS) is 24.3. The van der Waals surface area contributed by atoms with E-state index in [1.54, 1.807) is 24.4 Å². The zero-order valence-electron chi connectivity index (χ0n) is 10.9. The van der Waals surface area contributed by atoms with Crippen LogP contribution >= 0.6 is 0 Å². The van der Waals surface area contributed by atoms with E-state index in [1.165, 1.54) is 0 Å². The molecule has 2 rings (SSSR count). The van der Waals surface area contributed by atoms with Crippen LogP contribution in [0.5, 0.6) is 5.75 Å². The molecule has 0 bridgehead atoms. The molecule has 1 aliphatic rings. The van der Waals surface area contributed by atoms with E-state index in [4.69, 9.17) is 0 Å². The second kappa shape index (κ2) is 7.04. The summed E-state index contributed by atoms with van der Waals surface area (Å²) in [5, 5.41) is 19.3. The van der Waals surface area contributed by atoms with Crippen LogP contribution in [-0.2, 0) is 0 Å². The summed E-state index contributed by atoms with van der Waals surface area (Å²) < 4.78 is 0. The van der Waals surface area contributed by atoms with Crippen molar-refractivity contribution in [3.05, 3.63) is 29.8 Å². The molecule has 1 aromatic carbocycles. The molecule has 19 heavy (non-hydrogen) atoms. The van der Waals surface area contributed by atoms with Gasteiger partial charge in [-0.2, -0.15) is 0 Å². The number of phenolic OH excluding ortho intramolecular Hbond substituents is 1. The van der Waals surface area contributed by atoms with Crippen molar-refractivity contribution < 1.29 is 10.2 Å². The van der Waals surface area contributed by atoms with Crippen molar-refractivity contribution in [3.8, 4) is 5.75 Å². The second-order valence-corrected chi connectivity index (χ2v) is 4.86. The fourth-order valence-corrected chi connectivity index (χ4v) is 2.28. The SMILES string of the molecule is Oc1ccccc1C=NCN=CC1CCCCC1O. The van der Waals surface area contributed by atoms with Crippen molar-refractivity contribution in [2.24, 2.45) is 15.9 Å². The Balaban J connectivity index is 1.81. The van der Waals surface area contributed by atoms with Crippen LogP contribution in [0.25, 0.3) is 0 Å². The van der Waals surface area contributed by atoms with Gasteiger partial charge in [-0.05, 0) is 25.0 Å². The lowest BCUT2D eigenvalue weighted by molar-refractivity contribution is 0.103. The first-order valence-electron chi connectivity index (χ1n) is 6.73. The first kappa shape index (κ1) is 13.7. The van der Waals surface area contributed by atoms with E-state index in [0.717, 1.165) is 25.7 Å². The molecule has 0 amide bonds. The molecule has 1 aliphatic carbocycles. The Labute approximate surface area is 113 Å². The van der Waals surface area contributed by atoms with E-state index in [2.05, 4.69) is 9.98 Å². The molecule has 4 heteroatoms. The van der Waals surface area contributed by atoms with E-state index in [1.807, 2.05) is 12.3 Å². The molecule has 0 aromatic heterocycles. The Hall–Kier alpha value is -1.68. The molecule has 1 aromatic rings. The molecular weight excluding hydrogens is 240 g/mol. The average molecular weight is 260 g/mol. The van der Waals surface area contributed by atoms with Crippen LogP contribution in [0, 0.1) is 5.92 Å². The van der Waals surface area contributed by atoms with Gasteiger partial charge in [-0.1, -0.05) is 25.0 Å². The minimum atomic E-state index is -0.250. The third kappa shape index (κ3) is 4.17. The lowest BCUT2D eigenvalue weighted by Crippen LogP contribution is -2.25. The van der Waals surface area contributed by atoms with Crippen LogP contribution in [0.15, 0.2) is 34.3 Å². The fraction of sp³-hybridized carbons (Fsp3) is 0.467. The highest BCUT2D eigenvalue weighted by Crippen LogP contribution is 2.22. The summed E-state index contributed by atoms with van der Waals surface area (Å²) in [6.07, 6.45) is 7.34. The minimum absolute atomic E-state index is 0.175. The first-order chi connectivity index (χ1) is 9.27. The number of aliphatic imine (C=N–C) groups is 2. The lowest BCUT2D eigenvalue weighted by Gasteiger charge is -2.23. The van der Waals surface area contributed by atoms with Crippen LogP contribution in [0.4, 0.5) is 0 Å². The van der Waals surface area contributed by atoms with E-state index in [9.17, 15) is 10.2 Å². The third-order valence-electron chi connectivity index (χ3n) is 3.41. The highest BCUT2D eigenvalue weighted by molar-refractivity contribution is 5.83. The summed E-state index contributed by atoms with van der Waals surface area (Å²) >= 11 is 0. The number of aliphatic hydroxyl groups excluding tert-OH is 1. The molecule has 0 saturated heterocycles. The monoisotopic (exact) mass is 260 g/mol. The maximum absolute atomic E-state index is 9.78. The Kier molecular flexibility index (Phi) is 5.10. The molecule has 0 radical (unpaired) electrons. The molecule has 4 nitrogen and oxygen atoms in total. The Morgan fingerprint density at radius 2 is 1.95 bits per heavy atom. The summed E-state index contributed by atoms with van der Waals surface area (Å²) in [4.78, 5) is 8.37. The van der Waals surface area contributed by atoms with Crippen LogP contribution < -0.4 is 0 Å². The zero-order valence-corrected chi connectivity index (χ0v) is 10.9. The standard InChI is InChI=1S/C15H20N2O2/c18-14-7-3-1-5-12(14)9-16-11-17-10-13-6-2-4-8-15(13)19/h1,3,5,7,9-10,13,15,18-19H,2,4,6,8,11H2. The fourth-order valence-electron chi connectivity index (χ4n) is 2.28. The van der Waals surface area contributed by atoms with Crippen LogP contribution in [0.2, 0.25) is 0 Å². The quantitative estimate of drug-likeness (QED) is 0.816. The Morgan fingerprint density at radius 1 is 1.16 bits per heavy atom. The van der Waals surface area contributed by atoms with Gasteiger partial charge in [0.2, 0.25) is 0 Å². The average Bonchev–Trinajstić information content (AvgIpc) is 2.42. The van der Waals surface area contributed by atoms with E-state index in [0.29, 0.717) is 12.2 Å². The number of aliphatic hydroxyl groups is 1. The van der Waals surface area contributed by atoms with Crippen molar-refractivity contribution in [1.29, 1.82) is 0 Å². The maximum atomic E-state index is 9.78. The third-order valence-corrected chi connectivity index (χ3v) is 3.41. The largest absolute Gasteiger partial charge is 0.507 e. The smallest absolute Gasteiger partial charge is 0.128 e. The number of hydrogen-bond donors (Lipinski definition) is 2. The highest BCUT2D eigenvalue weighted by Gasteiger charge is 2.20. The maximum Gasteiger partial charge on any atom is 0.128 e. The predicted molar refractivity (Wildman–Crippen MR) is 77.0 cm³/mol. The minimum Gasteiger partial charge on any atom is -0.507 e. The molecule has 0 spiro atoms. The van der Waals surface area contributed by atoms with Crippen LogP contribution in [0.3, 0.4) is 0 Å². The first-order valence-corrected chi connectivity index (χ1v) is 6.73. The predicted octanol–water partition coefficient (Wildman–Crippen LogP) is 2.39. The molecule has 0 heterocycles. The van der Waals surface area contributed by atoms with Gasteiger partial charge in [0, 0.05) is 23.9 Å². The van der Waals surface area contributed by atoms with Gasteiger partial charge >= 0.3 is 0 Å². The Bertz CT molecular complexity index is 457. The molecule has 1 fully saturated rings. The van der Waals surface area contributed by atoms with Gasteiger partial charge < -0.3 is 10.2 Å². The molecule has 0 aliphatic heterocycles. The number of hydrogen-bond acceptors (Lipinski definition) is 4. The van der Waals surface area contributed by atoms with E-state index in [-0.39, 0.29) is 17.8 Å². The summed E-state index contributed by atoms with van der Waals surface area (Å²) in [5.74, 6) is 0.395. The van der Waals surface area contributed by atoms with Gasteiger partial charge in [0.25, 0.3) is 0 Å². The molecule has 1 saturated carbocycles. The van der Waals surface area contributed by atoms with Crippen molar-refractivity contribution in [3.63, 3.8) is 0 Å². The second-order valence-electron chi connectivity index (χ2n) is 4.86. The van der Waals surface area contributed by atoms with Crippen molar-refractivity contribution in [2.45, 2.75) is 31.8 Å². The number of rotatable bonds is 4. The van der Waals surface area contributed by atoms with Gasteiger partial charge in [0.05, 0.1) is 6.10 Å². The van der Waals surface area contributed by atoms with Gasteiger partial charge in [-0.3, -0.25) is 9.98 Å². The summed E-state index contributed by atoms with van der Waals surface area (Å²) in [5.41, 5.74) is 0.690. The van der Waals surface area contributed by atoms with E-state index >= 15 is 0 Å². The number of para-hydroxylation sites is 1. The van der Waals surface area contributed by atoms with Gasteiger partial charge in [-0.15, -0.1) is 0 Å². The summed E-state index contributed by atoms with van der Waals surface area (Å²) in [7, 11) is 0.